The second-order valence-corrected chi connectivity index (χ2v) is 6.72. The van der Waals surface area contributed by atoms with Gasteiger partial charge in [0.2, 0.25) is 0 Å². The number of hydrogen-bond donors (Lipinski definition) is 2. The maximum Gasteiger partial charge on any atom is 0.335 e. The second kappa shape index (κ2) is 5.24. The quantitative estimate of drug-likeness (QED) is 0.879. The van der Waals surface area contributed by atoms with Crippen LogP contribution in [-0.4, -0.2) is 22.8 Å². The molecule has 2 amide bonds. The third-order valence-electron chi connectivity index (χ3n) is 4.78. The van der Waals surface area contributed by atoms with Crippen LogP contribution in [0.3, 0.4) is 0 Å². The van der Waals surface area contributed by atoms with Gasteiger partial charge in [0.15, 0.2) is 5.72 Å². The Morgan fingerprint density at radius 1 is 1.32 bits per heavy atom. The Kier molecular flexibility index (Phi) is 3.25. The maximum atomic E-state index is 12.8. The molecule has 4 rings (SSSR count). The predicted octanol–water partition coefficient (Wildman–Crippen LogP) is 3.46. The number of carbonyl (C=O) groups excluding carboxylic acids is 1. The molecular formula is C19H18N2O4. The zero-order chi connectivity index (χ0) is 17.8. The number of hydrogen-bond acceptors (Lipinski definition) is 3. The number of carbonyl (C=O) groups is 2. The van der Waals surface area contributed by atoms with Crippen LogP contribution in [0.15, 0.2) is 42.5 Å². The number of carboxylic acids is 1. The molecule has 25 heavy (non-hydrogen) atoms. The predicted molar refractivity (Wildman–Crippen MR) is 92.0 cm³/mol. The van der Waals surface area contributed by atoms with Crippen molar-refractivity contribution in [3.05, 3.63) is 59.2 Å². The van der Waals surface area contributed by atoms with Crippen molar-refractivity contribution in [3.8, 4) is 5.75 Å². The fourth-order valence-electron chi connectivity index (χ4n) is 3.66. The molecule has 2 N–H and O–H groups in total. The minimum atomic E-state index is -1.03. The molecule has 0 spiro atoms. The zero-order valence-electron chi connectivity index (χ0n) is 13.9. The summed E-state index contributed by atoms with van der Waals surface area (Å²) in [6.07, 6.45) is 0.576. The number of benzene rings is 2. The Balaban J connectivity index is 1.79. The van der Waals surface area contributed by atoms with Gasteiger partial charge in [0.25, 0.3) is 0 Å². The number of nitrogens with zero attached hydrogens (tertiary/aromatic N) is 1. The standard InChI is InChI=1S/C19H18N2O4/c1-11-6-7-16-14(8-11)15-10-19(2,25-16)21(18(24)20-15)13-5-3-4-12(9-13)17(22)23/h3-9,15H,10H2,1-2H3,(H,20,24)(H,22,23)/t15-,19+/m0/s1. The molecule has 2 aromatic rings. The number of ether oxygens (including phenoxy) is 1. The lowest BCUT2D eigenvalue weighted by molar-refractivity contribution is 0.0377. The van der Waals surface area contributed by atoms with Gasteiger partial charge in [-0.15, -0.1) is 0 Å². The van der Waals surface area contributed by atoms with Crippen molar-refractivity contribution in [1.82, 2.24) is 5.32 Å². The van der Waals surface area contributed by atoms with Gasteiger partial charge in [-0.3, -0.25) is 4.90 Å². The van der Waals surface area contributed by atoms with Crippen molar-refractivity contribution >= 4 is 17.7 Å². The average molecular weight is 338 g/mol. The van der Waals surface area contributed by atoms with Crippen LogP contribution >= 0.6 is 0 Å². The van der Waals surface area contributed by atoms with E-state index in [1.807, 2.05) is 32.0 Å². The molecule has 0 saturated carbocycles. The van der Waals surface area contributed by atoms with Gasteiger partial charge in [0.05, 0.1) is 17.3 Å². The van der Waals surface area contributed by atoms with Crippen LogP contribution in [0, 0.1) is 6.92 Å². The molecular weight excluding hydrogens is 320 g/mol. The number of nitrogens with one attached hydrogen (secondary N) is 1. The molecule has 6 heteroatoms. The van der Waals surface area contributed by atoms with E-state index in [1.165, 1.54) is 17.0 Å². The van der Waals surface area contributed by atoms with Gasteiger partial charge >= 0.3 is 12.0 Å². The number of aromatic carboxylic acids is 1. The van der Waals surface area contributed by atoms with E-state index in [0.717, 1.165) is 16.9 Å². The van der Waals surface area contributed by atoms with Crippen LogP contribution in [0.1, 0.15) is 40.9 Å². The van der Waals surface area contributed by atoms with E-state index in [0.29, 0.717) is 12.1 Å². The Morgan fingerprint density at radius 3 is 2.88 bits per heavy atom. The summed E-state index contributed by atoms with van der Waals surface area (Å²) >= 11 is 0. The monoisotopic (exact) mass is 338 g/mol. The highest BCUT2D eigenvalue weighted by Crippen LogP contribution is 2.45. The van der Waals surface area contributed by atoms with Gasteiger partial charge in [-0.2, -0.15) is 0 Å². The van der Waals surface area contributed by atoms with E-state index < -0.39 is 11.7 Å². The smallest absolute Gasteiger partial charge is 0.335 e. The summed E-state index contributed by atoms with van der Waals surface area (Å²) in [7, 11) is 0. The second-order valence-electron chi connectivity index (χ2n) is 6.72. The molecule has 0 aliphatic carbocycles. The summed E-state index contributed by atoms with van der Waals surface area (Å²) in [4.78, 5) is 25.5. The number of anilines is 1. The summed E-state index contributed by atoms with van der Waals surface area (Å²) in [5.74, 6) is -0.295. The van der Waals surface area contributed by atoms with Gasteiger partial charge in [-0.25, -0.2) is 9.59 Å². The average Bonchev–Trinajstić information content (AvgIpc) is 2.55. The third-order valence-corrected chi connectivity index (χ3v) is 4.78. The molecule has 0 aromatic heterocycles. The molecule has 2 aliphatic rings. The minimum absolute atomic E-state index is 0.125. The summed E-state index contributed by atoms with van der Waals surface area (Å²) in [5, 5.41) is 12.2. The van der Waals surface area contributed by atoms with E-state index in [1.54, 1.807) is 12.1 Å². The van der Waals surface area contributed by atoms with E-state index >= 15 is 0 Å². The number of urea groups is 1. The lowest BCUT2D eigenvalue weighted by Gasteiger charge is -2.50. The van der Waals surface area contributed by atoms with E-state index in [-0.39, 0.29) is 17.6 Å². The van der Waals surface area contributed by atoms with Crippen LogP contribution < -0.4 is 15.0 Å². The third kappa shape index (κ3) is 2.41. The molecule has 0 radical (unpaired) electrons. The summed E-state index contributed by atoms with van der Waals surface area (Å²) in [5.41, 5.74) is 1.82. The van der Waals surface area contributed by atoms with Crippen LogP contribution in [0.4, 0.5) is 10.5 Å². The molecule has 6 nitrogen and oxygen atoms in total. The molecule has 2 atom stereocenters. The molecule has 0 unspecified atom stereocenters. The minimum Gasteiger partial charge on any atom is -0.478 e. The highest BCUT2D eigenvalue weighted by atomic mass is 16.5. The van der Waals surface area contributed by atoms with Crippen molar-refractivity contribution in [2.45, 2.75) is 32.0 Å². The fraction of sp³-hybridized carbons (Fsp3) is 0.263. The van der Waals surface area contributed by atoms with E-state index in [4.69, 9.17) is 4.74 Å². The Morgan fingerprint density at radius 2 is 2.12 bits per heavy atom. The highest BCUT2D eigenvalue weighted by Gasteiger charge is 2.49. The number of aryl methyl sites for hydroxylation is 1. The Hall–Kier alpha value is -3.02. The summed E-state index contributed by atoms with van der Waals surface area (Å²) < 4.78 is 6.20. The van der Waals surface area contributed by atoms with Crippen LogP contribution in [0.2, 0.25) is 0 Å². The lowest BCUT2D eigenvalue weighted by Crippen LogP contribution is -2.65. The van der Waals surface area contributed by atoms with Crippen molar-refractivity contribution in [3.63, 3.8) is 0 Å². The van der Waals surface area contributed by atoms with Crippen molar-refractivity contribution in [2.75, 3.05) is 4.90 Å². The molecule has 2 aromatic carbocycles. The fourth-order valence-corrected chi connectivity index (χ4v) is 3.66. The van der Waals surface area contributed by atoms with Gasteiger partial charge < -0.3 is 15.2 Å². The lowest BCUT2D eigenvalue weighted by atomic mass is 9.89. The summed E-state index contributed by atoms with van der Waals surface area (Å²) in [6.45, 7) is 3.86. The largest absolute Gasteiger partial charge is 0.478 e. The molecule has 1 fully saturated rings. The first-order valence-corrected chi connectivity index (χ1v) is 8.11. The molecule has 1 saturated heterocycles. The van der Waals surface area contributed by atoms with Crippen LogP contribution in [0.25, 0.3) is 0 Å². The number of fused-ring (bicyclic) bond motifs is 4. The first-order valence-electron chi connectivity index (χ1n) is 8.11. The Labute approximate surface area is 145 Å². The number of amides is 2. The van der Waals surface area contributed by atoms with Gasteiger partial charge in [-0.1, -0.05) is 23.8 Å². The maximum absolute atomic E-state index is 12.8. The van der Waals surface area contributed by atoms with Crippen LogP contribution in [0.5, 0.6) is 5.75 Å². The molecule has 128 valence electrons. The highest BCUT2D eigenvalue weighted by molar-refractivity contribution is 5.97. The van der Waals surface area contributed by atoms with Crippen molar-refractivity contribution in [1.29, 1.82) is 0 Å². The van der Waals surface area contributed by atoms with E-state index in [2.05, 4.69) is 5.32 Å². The number of rotatable bonds is 2. The SMILES string of the molecule is Cc1ccc2c(c1)[C@@H]1C[C@@](C)(O2)N(c2cccc(C(=O)O)c2)C(=O)N1. The zero-order valence-corrected chi connectivity index (χ0v) is 13.9. The first-order chi connectivity index (χ1) is 11.9. The Bertz CT molecular complexity index is 895. The molecule has 2 aliphatic heterocycles. The number of carboxylic acid groups (broad SMARTS) is 1. The van der Waals surface area contributed by atoms with Gasteiger partial charge in [0.1, 0.15) is 5.75 Å². The van der Waals surface area contributed by atoms with Gasteiger partial charge in [0, 0.05) is 12.0 Å². The van der Waals surface area contributed by atoms with Gasteiger partial charge in [-0.05, 0) is 38.1 Å². The summed E-state index contributed by atoms with van der Waals surface area (Å²) in [6, 6.07) is 11.8. The van der Waals surface area contributed by atoms with Crippen molar-refractivity contribution in [2.24, 2.45) is 0 Å². The molecule has 2 bridgehead atoms. The topological polar surface area (TPSA) is 78.9 Å². The van der Waals surface area contributed by atoms with Crippen LogP contribution in [-0.2, 0) is 0 Å². The normalized spacial score (nSPS) is 24.2. The van der Waals surface area contributed by atoms with Crippen molar-refractivity contribution < 1.29 is 19.4 Å². The van der Waals surface area contributed by atoms with E-state index in [9.17, 15) is 14.7 Å². The first kappa shape index (κ1) is 15.5. The molecule has 2 heterocycles.